The average Bonchev–Trinajstić information content (AvgIpc) is 3.36. The zero-order chi connectivity index (χ0) is 18.1. The van der Waals surface area contributed by atoms with Crippen LogP contribution in [0.25, 0.3) is 0 Å². The van der Waals surface area contributed by atoms with E-state index in [4.69, 9.17) is 4.52 Å². The van der Waals surface area contributed by atoms with Gasteiger partial charge in [0.15, 0.2) is 5.82 Å². The summed E-state index contributed by atoms with van der Waals surface area (Å²) in [6, 6.07) is 0.379. The van der Waals surface area contributed by atoms with Crippen LogP contribution >= 0.6 is 0 Å². The van der Waals surface area contributed by atoms with Crippen molar-refractivity contribution < 1.29 is 14.1 Å². The lowest BCUT2D eigenvalue weighted by Crippen LogP contribution is -2.43. The number of nitrogens with zero attached hydrogens (tertiary/aromatic N) is 4. The number of hydrogen-bond donors (Lipinski definition) is 0. The van der Waals surface area contributed by atoms with Crippen LogP contribution in [0.1, 0.15) is 56.7 Å². The summed E-state index contributed by atoms with van der Waals surface area (Å²) in [5.41, 5.74) is 0. The largest absolute Gasteiger partial charge is 0.342 e. The van der Waals surface area contributed by atoms with Gasteiger partial charge < -0.3 is 14.3 Å². The van der Waals surface area contributed by atoms with Crippen molar-refractivity contribution in [2.45, 2.75) is 64.3 Å². The minimum Gasteiger partial charge on any atom is -0.342 e. The number of likely N-dealkylation sites (tertiary alicyclic amines) is 2. The number of carbonyl (C=O) groups excluding carboxylic acids is 2. The van der Waals surface area contributed by atoms with Crippen molar-refractivity contribution in [3.05, 3.63) is 11.7 Å². The molecule has 2 amide bonds. The molecule has 3 heterocycles. The Morgan fingerprint density at radius 1 is 1.19 bits per heavy atom. The predicted octanol–water partition coefficient (Wildman–Crippen LogP) is 1.95. The maximum atomic E-state index is 12.9. The molecule has 0 radical (unpaired) electrons. The molecule has 7 heteroatoms. The lowest BCUT2D eigenvalue weighted by molar-refractivity contribution is -0.137. The summed E-state index contributed by atoms with van der Waals surface area (Å²) in [7, 11) is 0. The Labute approximate surface area is 154 Å². The molecule has 1 atom stereocenters. The van der Waals surface area contributed by atoms with Crippen LogP contribution in [-0.2, 0) is 16.0 Å². The molecule has 1 aromatic rings. The molecule has 4 rings (SSSR count). The number of rotatable bonds is 4. The molecule has 0 unspecified atom stereocenters. The number of piperidine rings is 1. The number of aryl methyl sites for hydroxylation is 1. The third-order valence-electron chi connectivity index (χ3n) is 6.23. The quantitative estimate of drug-likeness (QED) is 0.820. The van der Waals surface area contributed by atoms with E-state index >= 15 is 0 Å². The zero-order valence-electron chi connectivity index (χ0n) is 15.5. The van der Waals surface area contributed by atoms with E-state index in [-0.39, 0.29) is 17.7 Å². The molecular weight excluding hydrogens is 332 g/mol. The maximum absolute atomic E-state index is 12.9. The normalized spacial score (nSPS) is 25.4. The molecule has 0 bridgehead atoms. The molecule has 0 spiro atoms. The van der Waals surface area contributed by atoms with E-state index in [1.54, 1.807) is 0 Å². The summed E-state index contributed by atoms with van der Waals surface area (Å²) in [5.74, 6) is 2.06. The van der Waals surface area contributed by atoms with Gasteiger partial charge in [-0.3, -0.25) is 9.59 Å². The number of hydrogen-bond acceptors (Lipinski definition) is 5. The molecule has 0 aromatic carbocycles. The highest BCUT2D eigenvalue weighted by Gasteiger charge is 2.40. The average molecular weight is 360 g/mol. The maximum Gasteiger partial charge on any atom is 0.227 e. The fraction of sp³-hybridized carbons (Fsp3) is 0.789. The zero-order valence-corrected chi connectivity index (χ0v) is 15.5. The molecule has 1 saturated carbocycles. The van der Waals surface area contributed by atoms with Crippen molar-refractivity contribution in [2.75, 3.05) is 19.6 Å². The highest BCUT2D eigenvalue weighted by molar-refractivity contribution is 5.89. The highest BCUT2D eigenvalue weighted by atomic mass is 16.5. The molecule has 26 heavy (non-hydrogen) atoms. The first kappa shape index (κ1) is 17.5. The smallest absolute Gasteiger partial charge is 0.227 e. The summed E-state index contributed by atoms with van der Waals surface area (Å²) in [6.45, 7) is 3.99. The lowest BCUT2D eigenvalue weighted by atomic mass is 9.92. The van der Waals surface area contributed by atoms with Crippen LogP contribution in [0.3, 0.4) is 0 Å². The van der Waals surface area contributed by atoms with Crippen LogP contribution in [0.15, 0.2) is 4.52 Å². The highest BCUT2D eigenvalue weighted by Crippen LogP contribution is 2.31. The van der Waals surface area contributed by atoms with E-state index < -0.39 is 0 Å². The fourth-order valence-electron chi connectivity index (χ4n) is 4.75. The van der Waals surface area contributed by atoms with Crippen molar-refractivity contribution >= 4 is 11.8 Å². The third kappa shape index (κ3) is 3.62. The van der Waals surface area contributed by atoms with Gasteiger partial charge in [0, 0.05) is 38.5 Å². The van der Waals surface area contributed by atoms with E-state index in [1.165, 1.54) is 12.8 Å². The Balaban J connectivity index is 1.27. The summed E-state index contributed by atoms with van der Waals surface area (Å²) >= 11 is 0. The lowest BCUT2D eigenvalue weighted by Gasteiger charge is -2.33. The Morgan fingerprint density at radius 3 is 2.58 bits per heavy atom. The van der Waals surface area contributed by atoms with E-state index in [1.807, 2.05) is 16.7 Å². The second kappa shape index (κ2) is 7.37. The molecule has 142 valence electrons. The second-order valence-corrected chi connectivity index (χ2v) is 8.09. The van der Waals surface area contributed by atoms with Gasteiger partial charge in [0.05, 0.1) is 5.92 Å². The summed E-state index contributed by atoms with van der Waals surface area (Å²) < 4.78 is 5.21. The summed E-state index contributed by atoms with van der Waals surface area (Å²) in [5, 5.41) is 3.84. The van der Waals surface area contributed by atoms with Crippen LogP contribution in [0.5, 0.6) is 0 Å². The third-order valence-corrected chi connectivity index (χ3v) is 6.23. The van der Waals surface area contributed by atoms with Crippen LogP contribution < -0.4 is 0 Å². The van der Waals surface area contributed by atoms with Gasteiger partial charge in [0.25, 0.3) is 0 Å². The van der Waals surface area contributed by atoms with E-state index in [9.17, 15) is 9.59 Å². The van der Waals surface area contributed by atoms with Crippen molar-refractivity contribution in [1.29, 1.82) is 0 Å². The first-order chi connectivity index (χ1) is 12.6. The van der Waals surface area contributed by atoms with Gasteiger partial charge >= 0.3 is 0 Å². The molecule has 2 saturated heterocycles. The van der Waals surface area contributed by atoms with Gasteiger partial charge in [0.1, 0.15) is 0 Å². The van der Waals surface area contributed by atoms with Crippen molar-refractivity contribution in [3.8, 4) is 0 Å². The van der Waals surface area contributed by atoms with Gasteiger partial charge in [-0.05, 0) is 38.5 Å². The molecule has 3 aliphatic rings. The van der Waals surface area contributed by atoms with Crippen LogP contribution in [0.2, 0.25) is 0 Å². The van der Waals surface area contributed by atoms with E-state index in [2.05, 4.69) is 10.1 Å². The summed E-state index contributed by atoms with van der Waals surface area (Å²) in [4.78, 5) is 33.5. The van der Waals surface area contributed by atoms with Crippen molar-refractivity contribution in [3.63, 3.8) is 0 Å². The van der Waals surface area contributed by atoms with Crippen molar-refractivity contribution in [2.24, 2.45) is 11.8 Å². The van der Waals surface area contributed by atoms with Gasteiger partial charge in [-0.15, -0.1) is 0 Å². The molecule has 2 aliphatic heterocycles. The minimum atomic E-state index is -0.141. The monoisotopic (exact) mass is 360 g/mol. The first-order valence-electron chi connectivity index (χ1n) is 9.97. The fourth-order valence-corrected chi connectivity index (χ4v) is 4.75. The number of aromatic nitrogens is 2. The molecule has 7 nitrogen and oxygen atoms in total. The van der Waals surface area contributed by atoms with Gasteiger partial charge in [-0.2, -0.15) is 4.98 Å². The number of amides is 2. The topological polar surface area (TPSA) is 79.5 Å². The number of carbonyl (C=O) groups is 2. The summed E-state index contributed by atoms with van der Waals surface area (Å²) in [6.07, 6.45) is 7.73. The first-order valence-corrected chi connectivity index (χ1v) is 9.97. The van der Waals surface area contributed by atoms with Gasteiger partial charge in [-0.25, -0.2) is 0 Å². The SMILES string of the molecule is Cc1noc(CC2CCN(C(=O)[C@@H]3CC(=O)N(C4CCCC4)C3)CC2)n1. The molecule has 1 aliphatic carbocycles. The molecule has 1 aromatic heterocycles. The van der Waals surface area contributed by atoms with Crippen LogP contribution in [0.4, 0.5) is 0 Å². The Bertz CT molecular complexity index is 659. The van der Waals surface area contributed by atoms with E-state index in [0.717, 1.165) is 45.2 Å². The molecule has 3 fully saturated rings. The van der Waals surface area contributed by atoms with E-state index in [0.29, 0.717) is 36.6 Å². The van der Waals surface area contributed by atoms with Crippen molar-refractivity contribution in [1.82, 2.24) is 19.9 Å². The minimum absolute atomic E-state index is 0.141. The second-order valence-electron chi connectivity index (χ2n) is 8.09. The Kier molecular flexibility index (Phi) is 4.96. The molecular formula is C19H28N4O3. The Hall–Kier alpha value is -1.92. The van der Waals surface area contributed by atoms with Crippen LogP contribution in [-0.4, -0.2) is 57.4 Å². The predicted molar refractivity (Wildman–Crippen MR) is 94.1 cm³/mol. The molecule has 0 N–H and O–H groups in total. The van der Waals surface area contributed by atoms with Crippen LogP contribution in [0, 0.1) is 18.8 Å². The van der Waals surface area contributed by atoms with Gasteiger partial charge in [0.2, 0.25) is 17.7 Å². The van der Waals surface area contributed by atoms with Gasteiger partial charge in [-0.1, -0.05) is 18.0 Å². The standard InChI is InChI=1S/C19H28N4O3/c1-13-20-17(26-21-13)10-14-6-8-22(9-7-14)19(25)15-11-18(24)23(12-15)16-4-2-3-5-16/h14-16H,2-12H2,1H3/t15-/m1/s1. The Morgan fingerprint density at radius 2 is 1.92 bits per heavy atom.